The fourth-order valence-corrected chi connectivity index (χ4v) is 1.37. The van der Waals surface area contributed by atoms with Crippen LogP contribution < -0.4 is 5.73 Å². The fourth-order valence-electron chi connectivity index (χ4n) is 1.37. The summed E-state index contributed by atoms with van der Waals surface area (Å²) in [6.45, 7) is 0. The molecule has 0 aliphatic carbocycles. The molecule has 0 unspecified atom stereocenters. The van der Waals surface area contributed by atoms with Crippen molar-refractivity contribution in [2.75, 3.05) is 0 Å². The van der Waals surface area contributed by atoms with Gasteiger partial charge in [-0.25, -0.2) is 0 Å². The number of H-pyrrole nitrogens is 1. The summed E-state index contributed by atoms with van der Waals surface area (Å²) in [6, 6.07) is 6.49. The van der Waals surface area contributed by atoms with Crippen molar-refractivity contribution < 1.29 is 9.90 Å². The Morgan fingerprint density at radius 1 is 1.40 bits per heavy atom. The van der Waals surface area contributed by atoms with Crippen LogP contribution in [0.4, 0.5) is 0 Å². The Kier molecular flexibility index (Phi) is 2.13. The third-order valence-electron chi connectivity index (χ3n) is 2.09. The Hall–Kier alpha value is -2.30. The molecule has 1 aromatic heterocycles. The van der Waals surface area contributed by atoms with E-state index < -0.39 is 5.91 Å². The van der Waals surface area contributed by atoms with Crippen LogP contribution in [-0.2, 0) is 0 Å². The number of primary amides is 1. The van der Waals surface area contributed by atoms with E-state index in [1.165, 1.54) is 6.07 Å². The third-order valence-corrected chi connectivity index (χ3v) is 2.09. The molecule has 0 aliphatic heterocycles. The van der Waals surface area contributed by atoms with Crippen molar-refractivity contribution in [3.05, 3.63) is 36.0 Å². The van der Waals surface area contributed by atoms with E-state index in [9.17, 15) is 9.90 Å². The first-order chi connectivity index (χ1) is 7.20. The quantitative estimate of drug-likeness (QED) is 0.676. The predicted octanol–water partition coefficient (Wildman–Crippen LogP) is 0.881. The molecule has 15 heavy (non-hydrogen) atoms. The topological polar surface area (TPSA) is 92.0 Å². The molecular formula is C10H9N3O2. The lowest BCUT2D eigenvalue weighted by molar-refractivity contribution is 0.0998. The zero-order valence-electron chi connectivity index (χ0n) is 7.77. The fraction of sp³-hybridized carbons (Fsp3) is 0. The average molecular weight is 203 g/mol. The Labute approximate surface area is 85.5 Å². The SMILES string of the molecule is NC(=O)c1cccc(-c2ccn[nH]2)c1O. The van der Waals surface area contributed by atoms with Gasteiger partial charge in [0.05, 0.1) is 11.3 Å². The highest BCUT2D eigenvalue weighted by molar-refractivity contribution is 5.97. The highest BCUT2D eigenvalue weighted by atomic mass is 16.3. The van der Waals surface area contributed by atoms with Crippen LogP contribution in [0.3, 0.4) is 0 Å². The summed E-state index contributed by atoms with van der Waals surface area (Å²) in [7, 11) is 0. The van der Waals surface area contributed by atoms with Crippen molar-refractivity contribution in [2.45, 2.75) is 0 Å². The number of amides is 1. The second-order valence-electron chi connectivity index (χ2n) is 3.04. The van der Waals surface area contributed by atoms with Gasteiger partial charge in [0.2, 0.25) is 0 Å². The van der Waals surface area contributed by atoms with Crippen LogP contribution in [0.15, 0.2) is 30.5 Å². The van der Waals surface area contributed by atoms with Gasteiger partial charge in [0, 0.05) is 11.8 Å². The van der Waals surface area contributed by atoms with Crippen LogP contribution >= 0.6 is 0 Å². The maximum Gasteiger partial charge on any atom is 0.252 e. The van der Waals surface area contributed by atoms with Crippen molar-refractivity contribution in [2.24, 2.45) is 5.73 Å². The maximum atomic E-state index is 11.0. The zero-order valence-corrected chi connectivity index (χ0v) is 7.77. The van der Waals surface area contributed by atoms with E-state index in [-0.39, 0.29) is 11.3 Å². The van der Waals surface area contributed by atoms with Gasteiger partial charge in [-0.2, -0.15) is 5.10 Å². The average Bonchev–Trinajstić information content (AvgIpc) is 2.70. The van der Waals surface area contributed by atoms with Crippen LogP contribution in [0.5, 0.6) is 5.75 Å². The minimum Gasteiger partial charge on any atom is -0.506 e. The Bertz CT molecular complexity index is 491. The minimum absolute atomic E-state index is 0.0992. The lowest BCUT2D eigenvalue weighted by Gasteiger charge is -2.05. The first-order valence-corrected chi connectivity index (χ1v) is 4.31. The number of benzene rings is 1. The number of aromatic amines is 1. The summed E-state index contributed by atoms with van der Waals surface area (Å²) in [5.74, 6) is -0.789. The van der Waals surface area contributed by atoms with E-state index in [1.807, 2.05) is 0 Å². The summed E-state index contributed by atoms with van der Waals surface area (Å²) >= 11 is 0. The molecular weight excluding hydrogens is 194 g/mol. The molecule has 0 atom stereocenters. The molecule has 1 aromatic carbocycles. The van der Waals surface area contributed by atoms with Gasteiger partial charge in [-0.15, -0.1) is 0 Å². The monoisotopic (exact) mass is 203 g/mol. The Morgan fingerprint density at radius 2 is 2.20 bits per heavy atom. The van der Waals surface area contributed by atoms with Crippen molar-refractivity contribution in [3.8, 4) is 17.0 Å². The molecule has 1 heterocycles. The highest BCUT2D eigenvalue weighted by Crippen LogP contribution is 2.30. The van der Waals surface area contributed by atoms with Gasteiger partial charge in [0.25, 0.3) is 5.91 Å². The number of nitrogens with one attached hydrogen (secondary N) is 1. The molecule has 0 saturated carbocycles. The van der Waals surface area contributed by atoms with Gasteiger partial charge in [-0.3, -0.25) is 9.89 Å². The van der Waals surface area contributed by atoms with Gasteiger partial charge in [0.15, 0.2) is 0 Å². The van der Waals surface area contributed by atoms with Gasteiger partial charge in [-0.05, 0) is 18.2 Å². The second-order valence-corrected chi connectivity index (χ2v) is 3.04. The number of carbonyl (C=O) groups is 1. The number of phenols is 1. The number of para-hydroxylation sites is 1. The Balaban J connectivity index is 2.59. The number of carbonyl (C=O) groups excluding carboxylic acids is 1. The predicted molar refractivity (Wildman–Crippen MR) is 54.2 cm³/mol. The lowest BCUT2D eigenvalue weighted by Crippen LogP contribution is -2.11. The van der Waals surface area contributed by atoms with Crippen molar-refractivity contribution >= 4 is 5.91 Å². The molecule has 4 N–H and O–H groups in total. The second kappa shape index (κ2) is 3.45. The first-order valence-electron chi connectivity index (χ1n) is 4.31. The van der Waals surface area contributed by atoms with E-state index in [2.05, 4.69) is 10.2 Å². The molecule has 2 rings (SSSR count). The molecule has 1 amide bonds. The van der Waals surface area contributed by atoms with E-state index in [1.54, 1.807) is 24.4 Å². The molecule has 2 aromatic rings. The number of nitrogens with two attached hydrogens (primary N) is 1. The summed E-state index contributed by atoms with van der Waals surface area (Å²) in [5, 5.41) is 16.2. The van der Waals surface area contributed by atoms with Gasteiger partial charge in [-0.1, -0.05) is 6.07 Å². The lowest BCUT2D eigenvalue weighted by atomic mass is 10.1. The molecule has 5 heteroatoms. The number of aromatic hydroxyl groups is 1. The van der Waals surface area contributed by atoms with Gasteiger partial charge in [0.1, 0.15) is 5.75 Å². The maximum absolute atomic E-state index is 11.0. The number of nitrogens with zero attached hydrogens (tertiary/aromatic N) is 1. The minimum atomic E-state index is -0.658. The normalized spacial score (nSPS) is 10.1. The molecule has 0 bridgehead atoms. The van der Waals surface area contributed by atoms with Crippen molar-refractivity contribution in [1.82, 2.24) is 10.2 Å². The summed E-state index contributed by atoms with van der Waals surface area (Å²) in [5.41, 5.74) is 6.35. The molecule has 0 aliphatic rings. The molecule has 5 nitrogen and oxygen atoms in total. The van der Waals surface area contributed by atoms with Crippen LogP contribution in [-0.4, -0.2) is 21.2 Å². The van der Waals surface area contributed by atoms with E-state index in [0.717, 1.165) is 0 Å². The molecule has 0 saturated heterocycles. The first kappa shape index (κ1) is 9.26. The zero-order chi connectivity index (χ0) is 10.8. The summed E-state index contributed by atoms with van der Waals surface area (Å²) < 4.78 is 0. The van der Waals surface area contributed by atoms with E-state index in [0.29, 0.717) is 11.3 Å². The number of rotatable bonds is 2. The number of hydrogen-bond acceptors (Lipinski definition) is 3. The van der Waals surface area contributed by atoms with Crippen LogP contribution in [0.2, 0.25) is 0 Å². The van der Waals surface area contributed by atoms with E-state index >= 15 is 0 Å². The smallest absolute Gasteiger partial charge is 0.252 e. The molecule has 0 fully saturated rings. The van der Waals surface area contributed by atoms with Crippen LogP contribution in [0.25, 0.3) is 11.3 Å². The largest absolute Gasteiger partial charge is 0.506 e. The standard InChI is InChI=1S/C10H9N3O2/c11-10(15)7-3-1-2-6(9(7)14)8-4-5-12-13-8/h1-5,14H,(H2,11,15)(H,12,13). The Morgan fingerprint density at radius 3 is 2.80 bits per heavy atom. The van der Waals surface area contributed by atoms with E-state index in [4.69, 9.17) is 5.73 Å². The number of hydrogen-bond donors (Lipinski definition) is 3. The van der Waals surface area contributed by atoms with Gasteiger partial charge >= 0.3 is 0 Å². The van der Waals surface area contributed by atoms with Crippen LogP contribution in [0.1, 0.15) is 10.4 Å². The molecule has 0 radical (unpaired) electrons. The van der Waals surface area contributed by atoms with Crippen molar-refractivity contribution in [3.63, 3.8) is 0 Å². The highest BCUT2D eigenvalue weighted by Gasteiger charge is 2.12. The van der Waals surface area contributed by atoms with Crippen molar-refractivity contribution in [1.29, 1.82) is 0 Å². The summed E-state index contributed by atoms with van der Waals surface area (Å²) in [6.07, 6.45) is 1.56. The summed E-state index contributed by atoms with van der Waals surface area (Å²) in [4.78, 5) is 11.0. The van der Waals surface area contributed by atoms with Gasteiger partial charge < -0.3 is 10.8 Å². The number of aromatic nitrogens is 2. The molecule has 76 valence electrons. The van der Waals surface area contributed by atoms with Crippen LogP contribution in [0, 0.1) is 0 Å². The third kappa shape index (κ3) is 1.54. The molecule has 0 spiro atoms.